The lowest BCUT2D eigenvalue weighted by atomic mass is 9.99. The van der Waals surface area contributed by atoms with Crippen LogP contribution in [0.15, 0.2) is 54.9 Å². The highest BCUT2D eigenvalue weighted by molar-refractivity contribution is 5.94. The Kier molecular flexibility index (Phi) is 5.76. The molecule has 1 aromatic carbocycles. The number of aromatic nitrogens is 2. The van der Waals surface area contributed by atoms with Gasteiger partial charge in [0.2, 0.25) is 5.88 Å². The lowest BCUT2D eigenvalue weighted by Gasteiger charge is -2.26. The van der Waals surface area contributed by atoms with Crippen LogP contribution in [0.1, 0.15) is 12.0 Å². The molecule has 4 rings (SSSR count). The number of aromatic amines is 1. The van der Waals surface area contributed by atoms with Crippen molar-refractivity contribution in [1.29, 1.82) is 0 Å². The third-order valence-corrected chi connectivity index (χ3v) is 4.96. The molecule has 150 valence electrons. The van der Waals surface area contributed by atoms with Crippen LogP contribution in [0.4, 0.5) is 10.5 Å². The van der Waals surface area contributed by atoms with Crippen molar-refractivity contribution in [3.63, 3.8) is 0 Å². The number of amides is 2. The number of urea groups is 1. The Balaban J connectivity index is 1.35. The van der Waals surface area contributed by atoms with Crippen LogP contribution in [0, 0.1) is 0 Å². The van der Waals surface area contributed by atoms with Crippen LogP contribution in [0.25, 0.3) is 16.5 Å². The average Bonchev–Trinajstić information content (AvgIpc) is 3.19. The van der Waals surface area contributed by atoms with Crippen LogP contribution in [0.5, 0.6) is 5.88 Å². The molecule has 0 spiro atoms. The van der Waals surface area contributed by atoms with Crippen molar-refractivity contribution in [2.45, 2.75) is 6.42 Å². The summed E-state index contributed by atoms with van der Waals surface area (Å²) in [6.07, 6.45) is 6.59. The number of hydrogen-bond donors (Lipinski definition) is 2. The largest absolute Gasteiger partial charge is 0.475 e. The minimum Gasteiger partial charge on any atom is -0.475 e. The van der Waals surface area contributed by atoms with Crippen molar-refractivity contribution < 1.29 is 14.3 Å². The Bertz CT molecular complexity index is 1010. The van der Waals surface area contributed by atoms with Crippen molar-refractivity contribution in [2.75, 3.05) is 38.7 Å². The maximum absolute atomic E-state index is 12.6. The normalized spacial score (nSPS) is 14.0. The molecule has 0 unspecified atom stereocenters. The number of carbonyl (C=O) groups is 1. The van der Waals surface area contributed by atoms with E-state index in [0.717, 1.165) is 11.9 Å². The molecular weight excluding hydrogens is 368 g/mol. The summed E-state index contributed by atoms with van der Waals surface area (Å²) in [6, 6.07) is 11.7. The van der Waals surface area contributed by atoms with Crippen molar-refractivity contribution in [2.24, 2.45) is 0 Å². The van der Waals surface area contributed by atoms with E-state index in [0.29, 0.717) is 37.9 Å². The van der Waals surface area contributed by atoms with Gasteiger partial charge in [0.15, 0.2) is 0 Å². The first kappa shape index (κ1) is 19.0. The third-order valence-electron chi connectivity index (χ3n) is 4.96. The van der Waals surface area contributed by atoms with Crippen LogP contribution in [0.3, 0.4) is 0 Å². The number of carbonyl (C=O) groups excluding carboxylic acids is 1. The zero-order valence-electron chi connectivity index (χ0n) is 16.4. The summed E-state index contributed by atoms with van der Waals surface area (Å²) in [5.74, 6) is 0.504. The van der Waals surface area contributed by atoms with Gasteiger partial charge < -0.3 is 24.7 Å². The zero-order chi connectivity index (χ0) is 20.1. The van der Waals surface area contributed by atoms with Crippen molar-refractivity contribution in [3.8, 4) is 5.88 Å². The first-order chi connectivity index (χ1) is 14.2. The summed E-state index contributed by atoms with van der Waals surface area (Å²) in [5, 5.41) is 4.11. The quantitative estimate of drug-likeness (QED) is 0.624. The van der Waals surface area contributed by atoms with E-state index >= 15 is 0 Å². The molecule has 29 heavy (non-hydrogen) atoms. The highest BCUT2D eigenvalue weighted by atomic mass is 16.5. The number of benzene rings is 1. The molecule has 0 aliphatic carbocycles. The number of nitrogens with zero attached hydrogens (tertiary/aromatic N) is 2. The molecule has 0 bridgehead atoms. The first-order valence-corrected chi connectivity index (χ1v) is 9.64. The highest BCUT2D eigenvalue weighted by Gasteiger charge is 2.19. The van der Waals surface area contributed by atoms with Gasteiger partial charge in [0, 0.05) is 48.9 Å². The smallest absolute Gasteiger partial charge is 0.322 e. The van der Waals surface area contributed by atoms with E-state index in [-0.39, 0.29) is 6.03 Å². The van der Waals surface area contributed by atoms with Gasteiger partial charge in [-0.3, -0.25) is 0 Å². The van der Waals surface area contributed by atoms with Gasteiger partial charge in [-0.05, 0) is 24.1 Å². The molecular formula is C22H24N4O3. The number of pyridine rings is 1. The summed E-state index contributed by atoms with van der Waals surface area (Å²) in [5.41, 5.74) is 4.26. The van der Waals surface area contributed by atoms with E-state index in [2.05, 4.69) is 33.5 Å². The number of rotatable bonds is 6. The van der Waals surface area contributed by atoms with Gasteiger partial charge in [0.1, 0.15) is 6.61 Å². The second kappa shape index (κ2) is 8.79. The SMILES string of the molecule is COCCOc1ccc(NC(=O)N2CC=C(c3c[nH]c4ccccc34)CC2)cn1. The average molecular weight is 392 g/mol. The van der Waals surface area contributed by atoms with Crippen molar-refractivity contribution >= 4 is 28.2 Å². The van der Waals surface area contributed by atoms with Gasteiger partial charge in [-0.25, -0.2) is 9.78 Å². The monoisotopic (exact) mass is 392 g/mol. The highest BCUT2D eigenvalue weighted by Crippen LogP contribution is 2.29. The fourth-order valence-corrected chi connectivity index (χ4v) is 3.41. The summed E-state index contributed by atoms with van der Waals surface area (Å²) in [7, 11) is 1.62. The number of fused-ring (bicyclic) bond motifs is 1. The number of anilines is 1. The number of methoxy groups -OCH3 is 1. The predicted molar refractivity (Wildman–Crippen MR) is 113 cm³/mol. The third kappa shape index (κ3) is 4.41. The molecule has 2 N–H and O–H groups in total. The summed E-state index contributed by atoms with van der Waals surface area (Å²) >= 11 is 0. The van der Waals surface area contributed by atoms with Gasteiger partial charge in [-0.2, -0.15) is 0 Å². The van der Waals surface area contributed by atoms with E-state index < -0.39 is 0 Å². The van der Waals surface area contributed by atoms with Gasteiger partial charge in [0.05, 0.1) is 18.5 Å². The van der Waals surface area contributed by atoms with E-state index in [1.54, 1.807) is 30.3 Å². The molecule has 0 atom stereocenters. The molecule has 3 aromatic rings. The lowest BCUT2D eigenvalue weighted by molar-refractivity contribution is 0.144. The zero-order valence-corrected chi connectivity index (χ0v) is 16.4. The Labute approximate surface area is 169 Å². The van der Waals surface area contributed by atoms with Crippen LogP contribution in [-0.4, -0.2) is 54.3 Å². The molecule has 0 fully saturated rings. The van der Waals surface area contributed by atoms with Gasteiger partial charge >= 0.3 is 6.03 Å². The molecule has 3 heterocycles. The lowest BCUT2D eigenvalue weighted by Crippen LogP contribution is -2.37. The molecule has 2 aromatic heterocycles. The second-order valence-electron chi connectivity index (χ2n) is 6.83. The number of H-pyrrole nitrogens is 1. The Morgan fingerprint density at radius 2 is 2.14 bits per heavy atom. The predicted octanol–water partition coefficient (Wildman–Crippen LogP) is 3.91. The summed E-state index contributed by atoms with van der Waals surface area (Å²) < 4.78 is 10.4. The number of ether oxygens (including phenoxy) is 2. The van der Waals surface area contributed by atoms with Gasteiger partial charge in [0.25, 0.3) is 0 Å². The minimum absolute atomic E-state index is 0.130. The van der Waals surface area contributed by atoms with Gasteiger partial charge in [-0.1, -0.05) is 24.3 Å². The van der Waals surface area contributed by atoms with E-state index in [1.165, 1.54) is 16.5 Å². The molecule has 0 radical (unpaired) electrons. The topological polar surface area (TPSA) is 79.5 Å². The molecule has 2 amide bonds. The Morgan fingerprint density at radius 1 is 1.24 bits per heavy atom. The summed E-state index contributed by atoms with van der Waals surface area (Å²) in [4.78, 5) is 21.9. The molecule has 0 saturated carbocycles. The second-order valence-corrected chi connectivity index (χ2v) is 6.83. The van der Waals surface area contributed by atoms with E-state index in [9.17, 15) is 4.79 Å². The summed E-state index contributed by atoms with van der Waals surface area (Å²) in [6.45, 7) is 2.19. The van der Waals surface area contributed by atoms with Crippen LogP contribution >= 0.6 is 0 Å². The fourth-order valence-electron chi connectivity index (χ4n) is 3.41. The fraction of sp³-hybridized carbons (Fsp3) is 0.273. The number of hydrogen-bond acceptors (Lipinski definition) is 4. The molecule has 7 nitrogen and oxygen atoms in total. The van der Waals surface area contributed by atoms with Crippen LogP contribution in [0.2, 0.25) is 0 Å². The molecule has 1 aliphatic heterocycles. The minimum atomic E-state index is -0.130. The maximum atomic E-state index is 12.6. The number of para-hydroxylation sites is 1. The Hall–Kier alpha value is -3.32. The standard InChI is InChI=1S/C22H24N4O3/c1-28-12-13-29-21-7-6-17(14-24-21)25-22(27)26-10-8-16(9-11-26)19-15-23-20-5-3-2-4-18(19)20/h2-8,14-15,23H,9-13H2,1H3,(H,25,27). The Morgan fingerprint density at radius 3 is 2.90 bits per heavy atom. The van der Waals surface area contributed by atoms with Crippen molar-refractivity contribution in [1.82, 2.24) is 14.9 Å². The first-order valence-electron chi connectivity index (χ1n) is 9.64. The number of nitrogens with one attached hydrogen (secondary N) is 2. The van der Waals surface area contributed by atoms with E-state index in [4.69, 9.17) is 9.47 Å². The van der Waals surface area contributed by atoms with Gasteiger partial charge in [-0.15, -0.1) is 0 Å². The maximum Gasteiger partial charge on any atom is 0.322 e. The van der Waals surface area contributed by atoms with Crippen molar-refractivity contribution in [3.05, 3.63) is 60.4 Å². The molecule has 0 saturated heterocycles. The van der Waals surface area contributed by atoms with E-state index in [1.807, 2.05) is 18.3 Å². The molecule has 1 aliphatic rings. The molecule has 7 heteroatoms. The van der Waals surface area contributed by atoms with Crippen LogP contribution < -0.4 is 10.1 Å². The van der Waals surface area contributed by atoms with Crippen LogP contribution in [-0.2, 0) is 4.74 Å².